The van der Waals surface area contributed by atoms with Gasteiger partial charge in [-0.1, -0.05) is 38.5 Å². The first-order valence-electron chi connectivity index (χ1n) is 2.61. The van der Waals surface area contributed by atoms with Gasteiger partial charge >= 0.3 is 0 Å². The molecular formula is C5H11BrIN. The second-order valence-electron chi connectivity index (χ2n) is 1.68. The predicted octanol–water partition coefficient (Wildman–Crippen LogP) is 1.75. The number of rotatable bonds is 4. The van der Waals surface area contributed by atoms with Crippen LogP contribution in [0.3, 0.4) is 0 Å². The highest BCUT2D eigenvalue weighted by Gasteiger charge is 1.91. The molecule has 0 aliphatic heterocycles. The van der Waals surface area contributed by atoms with Gasteiger partial charge in [0.1, 0.15) is 0 Å². The minimum absolute atomic E-state index is 1.08. The second-order valence-corrected chi connectivity index (χ2v) is 3.55. The summed E-state index contributed by atoms with van der Waals surface area (Å²) in [6.45, 7) is 2.36. The van der Waals surface area contributed by atoms with E-state index in [0.29, 0.717) is 0 Å². The maximum absolute atomic E-state index is 3.38. The molecule has 50 valence electrons. The standard InChI is InChI=1S/C5H11BrIN/c1-8(4-2-6)5-3-7/h2-5H2,1H3. The number of nitrogens with zero attached hydrogens (tertiary/aromatic N) is 1. The molecule has 0 spiro atoms. The number of hydrogen-bond donors (Lipinski definition) is 0. The fourth-order valence-electron chi connectivity index (χ4n) is 0.400. The smallest absolute Gasteiger partial charge is 0.0159 e. The van der Waals surface area contributed by atoms with Crippen molar-refractivity contribution < 1.29 is 0 Å². The summed E-state index contributed by atoms with van der Waals surface area (Å²) in [7, 11) is 2.14. The molecule has 0 heterocycles. The maximum atomic E-state index is 3.38. The van der Waals surface area contributed by atoms with Crippen molar-refractivity contribution in [3.8, 4) is 0 Å². The normalized spacial score (nSPS) is 10.5. The highest BCUT2D eigenvalue weighted by Crippen LogP contribution is 1.88. The monoisotopic (exact) mass is 291 g/mol. The topological polar surface area (TPSA) is 3.24 Å². The highest BCUT2D eigenvalue weighted by molar-refractivity contribution is 14.1. The van der Waals surface area contributed by atoms with Gasteiger partial charge in [0.15, 0.2) is 0 Å². The molecule has 0 N–H and O–H groups in total. The Kier molecular flexibility index (Phi) is 7.21. The van der Waals surface area contributed by atoms with Crippen LogP contribution in [0, 0.1) is 0 Å². The molecule has 0 rings (SSSR count). The van der Waals surface area contributed by atoms with Crippen LogP contribution >= 0.6 is 38.5 Å². The Balaban J connectivity index is 2.92. The summed E-state index contributed by atoms with van der Waals surface area (Å²) < 4.78 is 1.22. The maximum Gasteiger partial charge on any atom is 0.0159 e. The van der Waals surface area contributed by atoms with Crippen LogP contribution in [0.2, 0.25) is 0 Å². The summed E-state index contributed by atoms with van der Waals surface area (Å²) in [5, 5.41) is 1.08. The summed E-state index contributed by atoms with van der Waals surface area (Å²) in [6.07, 6.45) is 0. The molecule has 0 saturated heterocycles. The summed E-state index contributed by atoms with van der Waals surface area (Å²) in [4.78, 5) is 2.31. The third kappa shape index (κ3) is 5.31. The van der Waals surface area contributed by atoms with E-state index in [1.165, 1.54) is 11.0 Å². The van der Waals surface area contributed by atoms with Crippen LogP contribution in [0.15, 0.2) is 0 Å². The SMILES string of the molecule is CN(CCBr)CCI. The van der Waals surface area contributed by atoms with Crippen LogP contribution in [-0.4, -0.2) is 34.8 Å². The van der Waals surface area contributed by atoms with E-state index >= 15 is 0 Å². The molecule has 1 nitrogen and oxygen atoms in total. The second kappa shape index (κ2) is 6.29. The van der Waals surface area contributed by atoms with E-state index in [0.717, 1.165) is 11.9 Å². The predicted molar refractivity (Wildman–Crippen MR) is 50.2 cm³/mol. The first-order chi connectivity index (χ1) is 3.81. The first-order valence-corrected chi connectivity index (χ1v) is 5.26. The molecule has 0 bridgehead atoms. The lowest BCUT2D eigenvalue weighted by Crippen LogP contribution is -2.22. The molecule has 8 heavy (non-hydrogen) atoms. The summed E-state index contributed by atoms with van der Waals surface area (Å²) in [5.41, 5.74) is 0. The van der Waals surface area contributed by atoms with Crippen molar-refractivity contribution in [2.75, 3.05) is 29.9 Å². The van der Waals surface area contributed by atoms with Gasteiger partial charge in [-0.25, -0.2) is 0 Å². The number of halogens is 2. The van der Waals surface area contributed by atoms with E-state index in [-0.39, 0.29) is 0 Å². The van der Waals surface area contributed by atoms with Crippen LogP contribution in [0.1, 0.15) is 0 Å². The zero-order valence-electron chi connectivity index (χ0n) is 5.03. The van der Waals surface area contributed by atoms with Gasteiger partial charge in [-0.3, -0.25) is 0 Å². The average molecular weight is 292 g/mol. The molecular weight excluding hydrogens is 281 g/mol. The van der Waals surface area contributed by atoms with Gasteiger partial charge in [-0.05, 0) is 7.05 Å². The Morgan fingerprint density at radius 3 is 2.50 bits per heavy atom. The molecule has 0 amide bonds. The number of hydrogen-bond acceptors (Lipinski definition) is 1. The molecule has 3 heteroatoms. The molecule has 0 saturated carbocycles. The molecule has 0 aromatic heterocycles. The third-order valence-corrected chi connectivity index (χ3v) is 1.77. The van der Waals surface area contributed by atoms with Crippen molar-refractivity contribution >= 4 is 38.5 Å². The van der Waals surface area contributed by atoms with Gasteiger partial charge in [-0.2, -0.15) is 0 Å². The fourth-order valence-corrected chi connectivity index (χ4v) is 1.83. The van der Waals surface area contributed by atoms with Crippen LogP contribution in [0.25, 0.3) is 0 Å². The molecule has 0 fully saturated rings. The Labute approximate surface area is 73.1 Å². The Morgan fingerprint density at radius 1 is 1.50 bits per heavy atom. The van der Waals surface area contributed by atoms with Crippen LogP contribution < -0.4 is 0 Å². The lowest BCUT2D eigenvalue weighted by molar-refractivity contribution is 0.383. The zero-order chi connectivity index (χ0) is 6.41. The molecule has 0 aliphatic carbocycles. The van der Waals surface area contributed by atoms with Crippen molar-refractivity contribution in [2.45, 2.75) is 0 Å². The Hall–Kier alpha value is 1.17. The third-order valence-electron chi connectivity index (χ3n) is 0.932. The van der Waals surface area contributed by atoms with Gasteiger partial charge in [0.25, 0.3) is 0 Å². The fraction of sp³-hybridized carbons (Fsp3) is 1.00. The highest BCUT2D eigenvalue weighted by atomic mass is 127. The first kappa shape index (κ1) is 9.17. The van der Waals surface area contributed by atoms with Gasteiger partial charge < -0.3 is 4.90 Å². The summed E-state index contributed by atoms with van der Waals surface area (Å²) in [6, 6.07) is 0. The van der Waals surface area contributed by atoms with E-state index in [1.54, 1.807) is 0 Å². The van der Waals surface area contributed by atoms with Crippen molar-refractivity contribution in [3.05, 3.63) is 0 Å². The Morgan fingerprint density at radius 2 is 2.12 bits per heavy atom. The summed E-state index contributed by atoms with van der Waals surface area (Å²) in [5.74, 6) is 0. The van der Waals surface area contributed by atoms with Crippen molar-refractivity contribution in [1.29, 1.82) is 0 Å². The Bertz CT molecular complexity index is 45.7. The van der Waals surface area contributed by atoms with E-state index in [2.05, 4.69) is 50.5 Å². The van der Waals surface area contributed by atoms with Gasteiger partial charge in [0.2, 0.25) is 0 Å². The van der Waals surface area contributed by atoms with Gasteiger partial charge in [-0.15, -0.1) is 0 Å². The average Bonchev–Trinajstić information content (AvgIpc) is 1.68. The minimum Gasteiger partial charge on any atom is -0.305 e. The van der Waals surface area contributed by atoms with E-state index in [1.807, 2.05) is 0 Å². The van der Waals surface area contributed by atoms with Crippen LogP contribution in [0.4, 0.5) is 0 Å². The largest absolute Gasteiger partial charge is 0.305 e. The van der Waals surface area contributed by atoms with Crippen LogP contribution in [-0.2, 0) is 0 Å². The quantitative estimate of drug-likeness (QED) is 0.563. The van der Waals surface area contributed by atoms with Gasteiger partial charge in [0, 0.05) is 22.8 Å². The zero-order valence-corrected chi connectivity index (χ0v) is 8.78. The summed E-state index contributed by atoms with van der Waals surface area (Å²) >= 11 is 5.76. The van der Waals surface area contributed by atoms with E-state index in [9.17, 15) is 0 Å². The van der Waals surface area contributed by atoms with Crippen LogP contribution in [0.5, 0.6) is 0 Å². The lowest BCUT2D eigenvalue weighted by Gasteiger charge is -2.11. The molecule has 0 radical (unpaired) electrons. The molecule has 0 aromatic rings. The molecule has 0 unspecified atom stereocenters. The van der Waals surface area contributed by atoms with Crippen molar-refractivity contribution in [2.24, 2.45) is 0 Å². The van der Waals surface area contributed by atoms with Crippen molar-refractivity contribution in [1.82, 2.24) is 4.90 Å². The van der Waals surface area contributed by atoms with Gasteiger partial charge in [0.05, 0.1) is 0 Å². The van der Waals surface area contributed by atoms with Crippen molar-refractivity contribution in [3.63, 3.8) is 0 Å². The van der Waals surface area contributed by atoms with E-state index < -0.39 is 0 Å². The molecule has 0 aromatic carbocycles. The number of alkyl halides is 2. The molecule has 0 aliphatic rings. The minimum atomic E-state index is 1.08. The molecule has 0 atom stereocenters. The van der Waals surface area contributed by atoms with E-state index in [4.69, 9.17) is 0 Å². The lowest BCUT2D eigenvalue weighted by atomic mass is 10.6.